The second kappa shape index (κ2) is 9.15. The topological polar surface area (TPSA) is 67.9 Å². The molecule has 2 aliphatic heterocycles. The lowest BCUT2D eigenvalue weighted by molar-refractivity contribution is -0.126. The van der Waals surface area contributed by atoms with Crippen molar-refractivity contribution < 1.29 is 23.5 Å². The quantitative estimate of drug-likeness (QED) is 0.820. The van der Waals surface area contributed by atoms with Crippen molar-refractivity contribution in [2.75, 3.05) is 32.8 Å². The van der Waals surface area contributed by atoms with E-state index >= 15 is 0 Å². The Balaban J connectivity index is 1.28. The van der Waals surface area contributed by atoms with Gasteiger partial charge in [0.25, 0.3) is 5.91 Å². The van der Waals surface area contributed by atoms with Crippen LogP contribution in [0.25, 0.3) is 0 Å². The van der Waals surface area contributed by atoms with Crippen LogP contribution in [0.5, 0.6) is 11.5 Å². The number of carbonyl (C=O) groups excluding carboxylic acids is 2. The highest BCUT2D eigenvalue weighted by molar-refractivity contribution is 5.94. The average Bonchev–Trinajstić information content (AvgIpc) is 2.79. The van der Waals surface area contributed by atoms with Gasteiger partial charge in [0, 0.05) is 25.2 Å². The van der Waals surface area contributed by atoms with Crippen LogP contribution in [-0.2, 0) is 11.2 Å². The number of fused-ring (bicyclic) bond motifs is 1. The fourth-order valence-corrected chi connectivity index (χ4v) is 3.87. The maximum atomic E-state index is 13.1. The first kappa shape index (κ1) is 20.2. The monoisotopic (exact) mass is 412 g/mol. The molecule has 1 N–H and O–H groups in total. The highest BCUT2D eigenvalue weighted by Crippen LogP contribution is 2.30. The van der Waals surface area contributed by atoms with Crippen LogP contribution in [0.4, 0.5) is 4.39 Å². The van der Waals surface area contributed by atoms with Gasteiger partial charge in [-0.2, -0.15) is 0 Å². The van der Waals surface area contributed by atoms with E-state index in [4.69, 9.17) is 9.47 Å². The van der Waals surface area contributed by atoms with E-state index in [1.807, 2.05) is 18.2 Å². The molecule has 0 spiro atoms. The summed E-state index contributed by atoms with van der Waals surface area (Å²) in [6.45, 7) is 2.61. The van der Waals surface area contributed by atoms with Gasteiger partial charge < -0.3 is 19.7 Å². The van der Waals surface area contributed by atoms with Gasteiger partial charge in [-0.1, -0.05) is 6.07 Å². The van der Waals surface area contributed by atoms with Gasteiger partial charge in [-0.3, -0.25) is 9.59 Å². The molecule has 1 saturated heterocycles. The largest absolute Gasteiger partial charge is 0.486 e. The Kier molecular flexibility index (Phi) is 6.16. The Bertz CT molecular complexity index is 916. The first-order valence-electron chi connectivity index (χ1n) is 10.3. The van der Waals surface area contributed by atoms with E-state index in [-0.39, 0.29) is 23.5 Å². The van der Waals surface area contributed by atoms with Gasteiger partial charge in [0.15, 0.2) is 11.5 Å². The summed E-state index contributed by atoms with van der Waals surface area (Å²) in [4.78, 5) is 27.0. The maximum absolute atomic E-state index is 13.1. The van der Waals surface area contributed by atoms with E-state index in [1.165, 1.54) is 24.3 Å². The summed E-state index contributed by atoms with van der Waals surface area (Å²) in [6.07, 6.45) is 2.21. The van der Waals surface area contributed by atoms with Crippen molar-refractivity contribution in [3.05, 3.63) is 59.4 Å². The lowest BCUT2D eigenvalue weighted by atomic mass is 9.96. The van der Waals surface area contributed by atoms with E-state index in [0.717, 1.165) is 29.9 Å². The smallest absolute Gasteiger partial charge is 0.253 e. The third-order valence-corrected chi connectivity index (χ3v) is 5.49. The molecule has 0 saturated carbocycles. The molecule has 1 atom stereocenters. The van der Waals surface area contributed by atoms with E-state index in [9.17, 15) is 14.0 Å². The molecule has 1 unspecified atom stereocenters. The molecule has 6 nitrogen and oxygen atoms in total. The number of nitrogens with zero attached hydrogens (tertiary/aromatic N) is 1. The van der Waals surface area contributed by atoms with E-state index in [1.54, 1.807) is 4.90 Å². The zero-order valence-corrected chi connectivity index (χ0v) is 16.7. The van der Waals surface area contributed by atoms with Crippen LogP contribution in [0.1, 0.15) is 28.8 Å². The highest BCUT2D eigenvalue weighted by Gasteiger charge is 2.28. The number of halogens is 1. The van der Waals surface area contributed by atoms with E-state index < -0.39 is 0 Å². The molecule has 0 aromatic heterocycles. The standard InChI is InChI=1S/C23H25FN2O4/c24-19-6-4-17(5-7-19)23(28)26-11-1-2-18(15-26)22(27)25-10-9-16-3-8-20-21(14-16)30-13-12-29-20/h3-8,14,18H,1-2,9-13,15H2,(H,25,27). The minimum Gasteiger partial charge on any atom is -0.486 e. The van der Waals surface area contributed by atoms with Gasteiger partial charge in [-0.15, -0.1) is 0 Å². The summed E-state index contributed by atoms with van der Waals surface area (Å²) in [7, 11) is 0. The third kappa shape index (κ3) is 4.72. The lowest BCUT2D eigenvalue weighted by Crippen LogP contribution is -2.45. The Labute approximate surface area is 175 Å². The number of piperidine rings is 1. The number of ether oxygens (including phenoxy) is 2. The second-order valence-electron chi connectivity index (χ2n) is 7.62. The second-order valence-corrected chi connectivity index (χ2v) is 7.62. The number of nitrogens with one attached hydrogen (secondary N) is 1. The van der Waals surface area contributed by atoms with E-state index in [0.29, 0.717) is 44.8 Å². The van der Waals surface area contributed by atoms with Crippen molar-refractivity contribution in [3.63, 3.8) is 0 Å². The molecule has 4 rings (SSSR count). The Morgan fingerprint density at radius 3 is 2.63 bits per heavy atom. The van der Waals surface area contributed by atoms with Gasteiger partial charge in [0.1, 0.15) is 19.0 Å². The van der Waals surface area contributed by atoms with Crippen molar-refractivity contribution in [1.82, 2.24) is 10.2 Å². The predicted octanol–water partition coefficient (Wildman–Crippen LogP) is 2.81. The molecule has 2 aliphatic rings. The molecule has 1 fully saturated rings. The zero-order valence-electron chi connectivity index (χ0n) is 16.7. The highest BCUT2D eigenvalue weighted by atomic mass is 19.1. The van der Waals surface area contributed by atoms with Crippen molar-refractivity contribution in [2.24, 2.45) is 5.92 Å². The average molecular weight is 412 g/mol. The summed E-state index contributed by atoms with van der Waals surface area (Å²) in [5.41, 5.74) is 1.51. The summed E-state index contributed by atoms with van der Waals surface area (Å²) in [5.74, 6) is 0.686. The molecule has 0 aliphatic carbocycles. The van der Waals surface area contributed by atoms with Crippen LogP contribution >= 0.6 is 0 Å². The van der Waals surface area contributed by atoms with E-state index in [2.05, 4.69) is 5.32 Å². The Hall–Kier alpha value is -3.09. The molecular formula is C23H25FN2O4. The number of carbonyl (C=O) groups is 2. The summed E-state index contributed by atoms with van der Waals surface area (Å²) < 4.78 is 24.2. The third-order valence-electron chi connectivity index (χ3n) is 5.49. The van der Waals surface area contributed by atoms with Crippen LogP contribution in [0, 0.1) is 11.7 Å². The number of benzene rings is 2. The Morgan fingerprint density at radius 1 is 1.07 bits per heavy atom. The molecule has 158 valence electrons. The van der Waals surface area contributed by atoms with Crippen LogP contribution in [-0.4, -0.2) is 49.6 Å². The SMILES string of the molecule is O=C(NCCc1ccc2c(c1)OCCO2)C1CCCN(C(=O)c2ccc(F)cc2)C1. The first-order valence-corrected chi connectivity index (χ1v) is 10.3. The fourth-order valence-electron chi connectivity index (χ4n) is 3.87. The number of likely N-dealkylation sites (tertiary alicyclic amines) is 1. The lowest BCUT2D eigenvalue weighted by Gasteiger charge is -2.32. The zero-order chi connectivity index (χ0) is 20.9. The summed E-state index contributed by atoms with van der Waals surface area (Å²) >= 11 is 0. The van der Waals surface area contributed by atoms with Crippen molar-refractivity contribution in [3.8, 4) is 11.5 Å². The molecule has 2 aromatic carbocycles. The molecule has 2 aromatic rings. The number of rotatable bonds is 5. The van der Waals surface area contributed by atoms with Crippen LogP contribution in [0.3, 0.4) is 0 Å². The van der Waals surface area contributed by atoms with Gasteiger partial charge in [-0.05, 0) is 61.2 Å². The molecule has 0 radical (unpaired) electrons. The number of hydrogen-bond acceptors (Lipinski definition) is 4. The number of amides is 2. The minimum atomic E-state index is -0.375. The predicted molar refractivity (Wildman–Crippen MR) is 109 cm³/mol. The van der Waals surface area contributed by atoms with Gasteiger partial charge >= 0.3 is 0 Å². The first-order chi connectivity index (χ1) is 14.6. The normalized spacial score (nSPS) is 18.0. The number of hydrogen-bond donors (Lipinski definition) is 1. The Morgan fingerprint density at radius 2 is 1.83 bits per heavy atom. The van der Waals surface area contributed by atoms with Crippen molar-refractivity contribution in [1.29, 1.82) is 0 Å². The summed E-state index contributed by atoms with van der Waals surface area (Å²) in [6, 6.07) is 11.3. The van der Waals surface area contributed by atoms with Crippen LogP contribution in [0.2, 0.25) is 0 Å². The van der Waals surface area contributed by atoms with Crippen molar-refractivity contribution in [2.45, 2.75) is 19.3 Å². The minimum absolute atomic E-state index is 0.0378. The fraction of sp³-hybridized carbons (Fsp3) is 0.391. The molecule has 0 bridgehead atoms. The van der Waals surface area contributed by atoms with Gasteiger partial charge in [0.05, 0.1) is 5.92 Å². The van der Waals surface area contributed by atoms with Crippen LogP contribution < -0.4 is 14.8 Å². The molecule has 2 heterocycles. The molecule has 2 amide bonds. The maximum Gasteiger partial charge on any atom is 0.253 e. The molecular weight excluding hydrogens is 387 g/mol. The molecule has 7 heteroatoms. The van der Waals surface area contributed by atoms with Crippen LogP contribution in [0.15, 0.2) is 42.5 Å². The summed E-state index contributed by atoms with van der Waals surface area (Å²) in [5, 5.41) is 2.99. The van der Waals surface area contributed by atoms with Gasteiger partial charge in [-0.25, -0.2) is 4.39 Å². The van der Waals surface area contributed by atoms with Crippen molar-refractivity contribution >= 4 is 11.8 Å². The molecule has 30 heavy (non-hydrogen) atoms. The van der Waals surface area contributed by atoms with Gasteiger partial charge in [0.2, 0.25) is 5.91 Å².